The van der Waals surface area contributed by atoms with E-state index in [0.29, 0.717) is 12.6 Å². The Morgan fingerprint density at radius 1 is 1.62 bits per heavy atom. The highest BCUT2D eigenvalue weighted by atomic mass is 32.2. The number of nitrogens with two attached hydrogens (primary N) is 1. The molecule has 0 aromatic heterocycles. The average molecular weight is 207 g/mol. The third kappa shape index (κ3) is 3.60. The molecule has 0 aromatic rings. The Hall–Kier alpha value is -0.170. The summed E-state index contributed by atoms with van der Waals surface area (Å²) in [6.07, 6.45) is 2.20. The molecule has 0 saturated carbocycles. The summed E-state index contributed by atoms with van der Waals surface area (Å²) in [5, 5.41) is 4.84. The van der Waals surface area contributed by atoms with E-state index in [-0.39, 0.29) is 0 Å². The van der Waals surface area contributed by atoms with Crippen LogP contribution in [-0.2, 0) is 10.2 Å². The Balaban J connectivity index is 2.36. The van der Waals surface area contributed by atoms with Crippen LogP contribution >= 0.6 is 0 Å². The van der Waals surface area contributed by atoms with Crippen LogP contribution in [0.3, 0.4) is 0 Å². The highest BCUT2D eigenvalue weighted by Gasteiger charge is 2.23. The van der Waals surface area contributed by atoms with E-state index in [1.807, 2.05) is 0 Å². The molecule has 1 unspecified atom stereocenters. The predicted molar refractivity (Wildman–Crippen MR) is 51.4 cm³/mol. The van der Waals surface area contributed by atoms with Crippen LogP contribution in [0.1, 0.15) is 19.8 Å². The summed E-state index contributed by atoms with van der Waals surface area (Å²) in [4.78, 5) is 2.26. The van der Waals surface area contributed by atoms with Gasteiger partial charge in [0.2, 0.25) is 0 Å². The summed E-state index contributed by atoms with van der Waals surface area (Å²) in [6, 6.07) is 0.323. The van der Waals surface area contributed by atoms with Crippen LogP contribution in [0.4, 0.5) is 0 Å². The van der Waals surface area contributed by atoms with Crippen molar-refractivity contribution >= 4 is 10.2 Å². The van der Waals surface area contributed by atoms with Gasteiger partial charge in [-0.2, -0.15) is 8.42 Å². The van der Waals surface area contributed by atoms with Crippen molar-refractivity contribution in [3.8, 4) is 0 Å². The molecule has 78 valence electrons. The first-order valence-corrected chi connectivity index (χ1v) is 6.09. The summed E-state index contributed by atoms with van der Waals surface area (Å²) < 4.78 is 23.6. The maximum Gasteiger partial charge on any atom is 0.274 e. The van der Waals surface area contributed by atoms with Gasteiger partial charge in [-0.15, -0.1) is 0 Å². The monoisotopic (exact) mass is 207 g/mol. The minimum Gasteiger partial charge on any atom is -0.299 e. The van der Waals surface area contributed by atoms with E-state index in [0.717, 1.165) is 25.9 Å². The molecule has 1 saturated heterocycles. The minimum atomic E-state index is -3.52. The first kappa shape index (κ1) is 10.9. The Bertz CT molecular complexity index is 252. The molecule has 1 fully saturated rings. The van der Waals surface area contributed by atoms with Gasteiger partial charge < -0.3 is 0 Å². The fourth-order valence-corrected chi connectivity index (χ4v) is 2.18. The fourth-order valence-electron chi connectivity index (χ4n) is 1.75. The quantitative estimate of drug-likeness (QED) is 0.638. The van der Waals surface area contributed by atoms with Gasteiger partial charge in [-0.05, 0) is 25.9 Å². The highest BCUT2D eigenvalue weighted by Crippen LogP contribution is 2.15. The second-order valence-corrected chi connectivity index (χ2v) is 4.70. The zero-order valence-electron chi connectivity index (χ0n) is 7.86. The fraction of sp³-hybridized carbons (Fsp3) is 1.00. The zero-order valence-corrected chi connectivity index (χ0v) is 8.68. The van der Waals surface area contributed by atoms with Gasteiger partial charge in [-0.3, -0.25) is 4.90 Å². The summed E-state index contributed by atoms with van der Waals surface area (Å²) in [6.45, 7) is 4.55. The summed E-state index contributed by atoms with van der Waals surface area (Å²) >= 11 is 0. The molecule has 3 N–H and O–H groups in total. The van der Waals surface area contributed by atoms with Gasteiger partial charge in [0, 0.05) is 12.6 Å². The molecule has 0 aliphatic carbocycles. The maximum atomic E-state index is 10.6. The molecule has 1 heterocycles. The molecule has 1 aliphatic heterocycles. The van der Waals surface area contributed by atoms with Gasteiger partial charge in [0.05, 0.1) is 0 Å². The molecule has 0 spiro atoms. The number of hydrogen-bond donors (Lipinski definition) is 2. The number of hydrogen-bond acceptors (Lipinski definition) is 3. The molecule has 0 radical (unpaired) electrons. The van der Waals surface area contributed by atoms with E-state index >= 15 is 0 Å². The summed E-state index contributed by atoms with van der Waals surface area (Å²) in [7, 11) is -3.52. The molecule has 6 heteroatoms. The lowest BCUT2D eigenvalue weighted by Gasteiger charge is -2.22. The highest BCUT2D eigenvalue weighted by molar-refractivity contribution is 7.87. The van der Waals surface area contributed by atoms with Crippen molar-refractivity contribution in [3.05, 3.63) is 0 Å². The Morgan fingerprint density at radius 3 is 2.85 bits per heavy atom. The molecule has 5 nitrogen and oxygen atoms in total. The van der Waals surface area contributed by atoms with E-state index in [4.69, 9.17) is 5.14 Å². The van der Waals surface area contributed by atoms with Crippen molar-refractivity contribution in [3.63, 3.8) is 0 Å². The van der Waals surface area contributed by atoms with Crippen LogP contribution in [0.25, 0.3) is 0 Å². The van der Waals surface area contributed by atoms with Gasteiger partial charge in [-0.25, -0.2) is 9.86 Å². The van der Waals surface area contributed by atoms with Crippen LogP contribution in [0.2, 0.25) is 0 Å². The second-order valence-electron chi connectivity index (χ2n) is 3.32. The van der Waals surface area contributed by atoms with Crippen LogP contribution in [0.15, 0.2) is 0 Å². The van der Waals surface area contributed by atoms with Crippen LogP contribution < -0.4 is 9.86 Å². The topological polar surface area (TPSA) is 75.4 Å². The minimum absolute atomic E-state index is 0.323. The normalized spacial score (nSPS) is 25.2. The largest absolute Gasteiger partial charge is 0.299 e. The smallest absolute Gasteiger partial charge is 0.274 e. The molecule has 0 aromatic carbocycles. The van der Waals surface area contributed by atoms with E-state index < -0.39 is 10.2 Å². The molecule has 1 aliphatic rings. The Kier molecular flexibility index (Phi) is 3.66. The zero-order chi connectivity index (χ0) is 9.90. The van der Waals surface area contributed by atoms with Crippen molar-refractivity contribution < 1.29 is 8.42 Å². The van der Waals surface area contributed by atoms with E-state index in [2.05, 4.69) is 16.5 Å². The number of rotatable bonds is 4. The van der Waals surface area contributed by atoms with Crippen molar-refractivity contribution in [2.45, 2.75) is 25.8 Å². The molecule has 0 amide bonds. The van der Waals surface area contributed by atoms with Gasteiger partial charge in [0.25, 0.3) is 10.2 Å². The van der Waals surface area contributed by atoms with Crippen molar-refractivity contribution in [2.24, 2.45) is 5.14 Å². The Morgan fingerprint density at radius 2 is 2.31 bits per heavy atom. The SMILES string of the molecule is CCN1CCCC1CNS(N)(=O)=O. The van der Waals surface area contributed by atoms with E-state index in [9.17, 15) is 8.42 Å². The summed E-state index contributed by atoms with van der Waals surface area (Å²) in [5.41, 5.74) is 0. The van der Waals surface area contributed by atoms with Crippen LogP contribution in [0, 0.1) is 0 Å². The van der Waals surface area contributed by atoms with Crippen LogP contribution in [0.5, 0.6) is 0 Å². The van der Waals surface area contributed by atoms with E-state index in [1.165, 1.54) is 0 Å². The lowest BCUT2D eigenvalue weighted by atomic mass is 10.2. The second kappa shape index (κ2) is 4.36. The molecule has 1 rings (SSSR count). The van der Waals surface area contributed by atoms with Crippen molar-refractivity contribution in [2.75, 3.05) is 19.6 Å². The molecular weight excluding hydrogens is 190 g/mol. The third-order valence-electron chi connectivity index (χ3n) is 2.43. The summed E-state index contributed by atoms with van der Waals surface area (Å²) in [5.74, 6) is 0. The average Bonchev–Trinajstić information content (AvgIpc) is 2.46. The predicted octanol–water partition coefficient (Wildman–Crippen LogP) is -0.736. The van der Waals surface area contributed by atoms with Crippen LogP contribution in [-0.4, -0.2) is 39.0 Å². The van der Waals surface area contributed by atoms with Gasteiger partial charge in [-0.1, -0.05) is 6.92 Å². The molecule has 13 heavy (non-hydrogen) atoms. The molecule has 0 bridgehead atoms. The molecule has 1 atom stereocenters. The number of likely N-dealkylation sites (N-methyl/N-ethyl adjacent to an activating group) is 1. The standard InChI is InChI=1S/C7H17N3O2S/c1-2-10-5-3-4-7(10)6-9-13(8,11)12/h7,9H,2-6H2,1H3,(H2,8,11,12). The first-order valence-electron chi connectivity index (χ1n) is 4.54. The lowest BCUT2D eigenvalue weighted by Crippen LogP contribution is -2.42. The van der Waals surface area contributed by atoms with Gasteiger partial charge in [0.15, 0.2) is 0 Å². The van der Waals surface area contributed by atoms with Crippen molar-refractivity contribution in [1.82, 2.24) is 9.62 Å². The number of nitrogens with zero attached hydrogens (tertiary/aromatic N) is 1. The van der Waals surface area contributed by atoms with Crippen molar-refractivity contribution in [1.29, 1.82) is 0 Å². The van der Waals surface area contributed by atoms with Gasteiger partial charge in [0.1, 0.15) is 0 Å². The first-order chi connectivity index (χ1) is 6.03. The lowest BCUT2D eigenvalue weighted by molar-refractivity contribution is 0.268. The van der Waals surface area contributed by atoms with E-state index in [1.54, 1.807) is 0 Å². The maximum absolute atomic E-state index is 10.6. The number of likely N-dealkylation sites (tertiary alicyclic amines) is 1. The molecular formula is C7H17N3O2S. The Labute approximate surface area is 79.5 Å². The van der Waals surface area contributed by atoms with Gasteiger partial charge >= 0.3 is 0 Å². The third-order valence-corrected chi connectivity index (χ3v) is 2.99. The number of nitrogens with one attached hydrogen (secondary N) is 1.